The number of nitrogens with one attached hydrogen (secondary N) is 1. The number of amides is 4. The maximum atomic E-state index is 14.9. The Morgan fingerprint density at radius 2 is 1.95 bits per heavy atom. The molecule has 200 valence electrons. The minimum atomic E-state index is -0.680. The number of fused-ring (bicyclic) bond motifs is 1. The van der Waals surface area contributed by atoms with E-state index in [2.05, 4.69) is 5.32 Å². The summed E-state index contributed by atoms with van der Waals surface area (Å²) in [6, 6.07) is 8.83. The molecule has 4 amide bonds. The van der Waals surface area contributed by atoms with Crippen molar-refractivity contribution in [1.29, 1.82) is 0 Å². The Morgan fingerprint density at radius 1 is 1.11 bits per heavy atom. The molecule has 2 atom stereocenters. The Labute approximate surface area is 219 Å². The average molecular weight is 524 g/mol. The van der Waals surface area contributed by atoms with Crippen LogP contribution in [-0.2, 0) is 16.1 Å². The number of carbonyl (C=O) groups excluding carboxylic acids is 4. The zero-order valence-electron chi connectivity index (χ0n) is 21.2. The highest BCUT2D eigenvalue weighted by Gasteiger charge is 2.39. The third-order valence-corrected chi connectivity index (χ3v) is 7.32. The van der Waals surface area contributed by atoms with Crippen molar-refractivity contribution in [2.24, 2.45) is 0 Å². The number of rotatable bonds is 7. The van der Waals surface area contributed by atoms with Gasteiger partial charge in [0.25, 0.3) is 11.8 Å². The summed E-state index contributed by atoms with van der Waals surface area (Å²) in [4.78, 5) is 53.1. The molecule has 0 aromatic heterocycles. The highest BCUT2D eigenvalue weighted by Crippen LogP contribution is 2.31. The lowest BCUT2D eigenvalue weighted by molar-refractivity contribution is -0.136. The van der Waals surface area contributed by atoms with Gasteiger partial charge in [0.2, 0.25) is 11.8 Å². The van der Waals surface area contributed by atoms with Gasteiger partial charge >= 0.3 is 0 Å². The van der Waals surface area contributed by atoms with Crippen LogP contribution in [0.4, 0.5) is 4.39 Å². The fraction of sp³-hybridized carbons (Fsp3) is 0.429. The molecule has 0 bridgehead atoms. The lowest BCUT2D eigenvalue weighted by atomic mass is 10.0. The number of benzene rings is 2. The van der Waals surface area contributed by atoms with Gasteiger partial charge < -0.3 is 19.3 Å². The van der Waals surface area contributed by atoms with Crippen molar-refractivity contribution in [2.45, 2.75) is 57.7 Å². The molecule has 1 unspecified atom stereocenters. The SMILES string of the molecule is CCOc1cccc(C(=O)N2CCCC[C@@H]2COc2ccc3c(c2)CN(C2CCC(=O)NC2=O)C3=O)c1F. The first-order valence-electron chi connectivity index (χ1n) is 13.0. The molecule has 2 aromatic rings. The lowest BCUT2D eigenvalue weighted by Crippen LogP contribution is -2.52. The third-order valence-electron chi connectivity index (χ3n) is 7.32. The fourth-order valence-corrected chi connectivity index (χ4v) is 5.37. The van der Waals surface area contributed by atoms with Gasteiger partial charge in [-0.3, -0.25) is 24.5 Å². The first-order valence-corrected chi connectivity index (χ1v) is 13.0. The second-order valence-corrected chi connectivity index (χ2v) is 9.73. The van der Waals surface area contributed by atoms with Crippen molar-refractivity contribution in [3.8, 4) is 11.5 Å². The molecule has 0 saturated carbocycles. The second-order valence-electron chi connectivity index (χ2n) is 9.73. The molecule has 0 aliphatic carbocycles. The predicted molar refractivity (Wildman–Crippen MR) is 134 cm³/mol. The van der Waals surface area contributed by atoms with Gasteiger partial charge in [-0.2, -0.15) is 0 Å². The van der Waals surface area contributed by atoms with E-state index in [0.29, 0.717) is 30.9 Å². The van der Waals surface area contributed by atoms with Gasteiger partial charge in [-0.1, -0.05) is 6.07 Å². The minimum Gasteiger partial charge on any atom is -0.491 e. The van der Waals surface area contributed by atoms with E-state index in [1.807, 2.05) is 0 Å². The van der Waals surface area contributed by atoms with Gasteiger partial charge in [0.05, 0.1) is 18.2 Å². The molecule has 9 nitrogen and oxygen atoms in total. The van der Waals surface area contributed by atoms with E-state index in [1.54, 1.807) is 36.1 Å². The van der Waals surface area contributed by atoms with Crippen LogP contribution in [0.25, 0.3) is 0 Å². The first kappa shape index (κ1) is 25.7. The van der Waals surface area contributed by atoms with Crippen LogP contribution in [-0.4, -0.2) is 65.3 Å². The zero-order valence-corrected chi connectivity index (χ0v) is 21.2. The van der Waals surface area contributed by atoms with Crippen molar-refractivity contribution in [3.63, 3.8) is 0 Å². The van der Waals surface area contributed by atoms with E-state index in [1.165, 1.54) is 17.0 Å². The van der Waals surface area contributed by atoms with E-state index in [0.717, 1.165) is 24.8 Å². The quantitative estimate of drug-likeness (QED) is 0.560. The monoisotopic (exact) mass is 523 g/mol. The van der Waals surface area contributed by atoms with Crippen LogP contribution < -0.4 is 14.8 Å². The van der Waals surface area contributed by atoms with Gasteiger partial charge in [-0.25, -0.2) is 4.39 Å². The lowest BCUT2D eigenvalue weighted by Gasteiger charge is -2.35. The Hall–Kier alpha value is -3.95. The predicted octanol–water partition coefficient (Wildman–Crippen LogP) is 3.06. The molecule has 1 N–H and O–H groups in total. The summed E-state index contributed by atoms with van der Waals surface area (Å²) in [5.74, 6) is -1.48. The fourth-order valence-electron chi connectivity index (χ4n) is 5.37. The highest BCUT2D eigenvalue weighted by molar-refractivity contribution is 6.05. The summed E-state index contributed by atoms with van der Waals surface area (Å²) in [6.45, 7) is 3.04. The van der Waals surface area contributed by atoms with Crippen LogP contribution in [0, 0.1) is 5.82 Å². The molecule has 38 heavy (non-hydrogen) atoms. The van der Waals surface area contributed by atoms with Gasteiger partial charge in [-0.15, -0.1) is 0 Å². The summed E-state index contributed by atoms with van der Waals surface area (Å²) in [6.07, 6.45) is 2.98. The summed E-state index contributed by atoms with van der Waals surface area (Å²) < 4.78 is 26.3. The second kappa shape index (κ2) is 10.8. The highest BCUT2D eigenvalue weighted by atomic mass is 19.1. The van der Waals surface area contributed by atoms with Gasteiger partial charge in [-0.05, 0) is 68.5 Å². The molecular weight excluding hydrogens is 493 g/mol. The summed E-state index contributed by atoms with van der Waals surface area (Å²) in [5, 5.41) is 2.30. The van der Waals surface area contributed by atoms with E-state index in [9.17, 15) is 23.6 Å². The topological polar surface area (TPSA) is 105 Å². The number of carbonyl (C=O) groups is 4. The number of piperidine rings is 2. The molecule has 2 fully saturated rings. The van der Waals surface area contributed by atoms with E-state index < -0.39 is 23.7 Å². The van der Waals surface area contributed by atoms with Crippen LogP contribution >= 0.6 is 0 Å². The Bertz CT molecular complexity index is 1280. The maximum absolute atomic E-state index is 14.9. The molecule has 3 aliphatic heterocycles. The van der Waals surface area contributed by atoms with Crippen LogP contribution in [0.5, 0.6) is 11.5 Å². The normalized spacial score (nSPS) is 21.3. The van der Waals surface area contributed by atoms with Crippen LogP contribution in [0.3, 0.4) is 0 Å². The van der Waals surface area contributed by atoms with Crippen molar-refractivity contribution >= 4 is 23.6 Å². The van der Waals surface area contributed by atoms with E-state index in [4.69, 9.17) is 9.47 Å². The van der Waals surface area contributed by atoms with Crippen LogP contribution in [0.2, 0.25) is 0 Å². The smallest absolute Gasteiger partial charge is 0.257 e. The summed E-state index contributed by atoms with van der Waals surface area (Å²) in [7, 11) is 0. The van der Waals surface area contributed by atoms with Crippen LogP contribution in [0.1, 0.15) is 65.3 Å². The number of likely N-dealkylation sites (tertiary alicyclic amines) is 1. The standard InChI is InChI=1S/C28H30FN3O6/c1-2-37-23-8-5-7-21(25(23)29)28(36)31-13-4-3-6-18(31)16-38-19-9-10-20-17(14-19)15-32(27(20)35)22-11-12-24(33)30-26(22)34/h5,7-10,14,18,22H,2-4,6,11-13,15-16H2,1H3,(H,30,33,34)/t18-,22?/m1/s1. The minimum absolute atomic E-state index is 0.0209. The molecule has 3 heterocycles. The summed E-state index contributed by atoms with van der Waals surface area (Å²) >= 11 is 0. The van der Waals surface area contributed by atoms with Crippen molar-refractivity contribution in [3.05, 3.63) is 58.9 Å². The van der Waals surface area contributed by atoms with Gasteiger partial charge in [0.15, 0.2) is 11.6 Å². The number of hydrogen-bond donors (Lipinski definition) is 1. The average Bonchev–Trinajstić information content (AvgIpc) is 3.24. The largest absolute Gasteiger partial charge is 0.491 e. The van der Waals surface area contributed by atoms with Gasteiger partial charge in [0.1, 0.15) is 18.4 Å². The third kappa shape index (κ3) is 4.94. The van der Waals surface area contributed by atoms with Crippen molar-refractivity contribution in [2.75, 3.05) is 19.8 Å². The molecule has 10 heteroatoms. The van der Waals surface area contributed by atoms with E-state index in [-0.39, 0.29) is 48.7 Å². The molecule has 5 rings (SSSR count). The number of ether oxygens (including phenoxy) is 2. The molecular formula is C28H30FN3O6. The number of nitrogens with zero attached hydrogens (tertiary/aromatic N) is 2. The molecule has 2 aromatic carbocycles. The number of imide groups is 1. The van der Waals surface area contributed by atoms with Crippen molar-refractivity contribution in [1.82, 2.24) is 15.1 Å². The maximum Gasteiger partial charge on any atom is 0.257 e. The summed E-state index contributed by atoms with van der Waals surface area (Å²) in [5.41, 5.74) is 1.22. The molecule has 0 radical (unpaired) electrons. The zero-order chi connectivity index (χ0) is 26.8. The van der Waals surface area contributed by atoms with Crippen LogP contribution in [0.15, 0.2) is 36.4 Å². The molecule has 3 aliphatic rings. The van der Waals surface area contributed by atoms with E-state index >= 15 is 0 Å². The van der Waals surface area contributed by atoms with Gasteiger partial charge in [0, 0.05) is 25.1 Å². The molecule has 2 saturated heterocycles. The number of hydrogen-bond acceptors (Lipinski definition) is 6. The molecule has 0 spiro atoms. The number of halogens is 1. The van der Waals surface area contributed by atoms with Crippen molar-refractivity contribution < 1.29 is 33.0 Å². The Kier molecular flexibility index (Phi) is 7.31. The Balaban J connectivity index is 1.26. The Morgan fingerprint density at radius 3 is 2.74 bits per heavy atom. The first-order chi connectivity index (χ1) is 18.4.